The molecular weight excluding hydrogens is 286 g/mol. The van der Waals surface area contributed by atoms with Gasteiger partial charge in [0.05, 0.1) is 11.6 Å². The second-order valence-electron chi connectivity index (χ2n) is 3.96. The van der Waals surface area contributed by atoms with Crippen molar-refractivity contribution >= 4 is 21.4 Å². The predicted molar refractivity (Wildman–Crippen MR) is 72.3 cm³/mol. The van der Waals surface area contributed by atoms with Crippen LogP contribution >= 0.6 is 11.3 Å². The van der Waals surface area contributed by atoms with Crippen LogP contribution in [0.25, 0.3) is 0 Å². The number of thiazole rings is 1. The highest BCUT2D eigenvalue weighted by molar-refractivity contribution is 7.89. The minimum atomic E-state index is -3.61. The molecule has 2 aromatic heterocycles. The molecule has 0 fully saturated rings. The third-order valence-electron chi connectivity index (χ3n) is 2.40. The number of nitrogens with two attached hydrogens (primary N) is 1. The van der Waals surface area contributed by atoms with E-state index < -0.39 is 10.0 Å². The molecule has 2 heterocycles. The second-order valence-corrected chi connectivity index (χ2v) is 6.60. The van der Waals surface area contributed by atoms with Gasteiger partial charge in [0.1, 0.15) is 5.76 Å². The number of furan rings is 1. The van der Waals surface area contributed by atoms with E-state index in [-0.39, 0.29) is 18.2 Å². The van der Waals surface area contributed by atoms with Crippen molar-refractivity contribution in [3.05, 3.63) is 34.0 Å². The van der Waals surface area contributed by atoms with Crippen LogP contribution in [0.5, 0.6) is 0 Å². The second kappa shape index (κ2) is 5.83. The van der Waals surface area contributed by atoms with Crippen LogP contribution in [-0.4, -0.2) is 19.9 Å². The molecule has 2 rings (SSSR count). The molecule has 0 spiro atoms. The van der Waals surface area contributed by atoms with Crippen LogP contribution in [0, 0.1) is 6.92 Å². The van der Waals surface area contributed by atoms with Gasteiger partial charge in [0.2, 0.25) is 5.09 Å². The molecule has 0 aliphatic rings. The Morgan fingerprint density at radius 2 is 2.26 bits per heavy atom. The fraction of sp³-hybridized carbons (Fsp3) is 0.364. The molecule has 6 nitrogen and oxygen atoms in total. The summed E-state index contributed by atoms with van der Waals surface area (Å²) in [5.74, 6) is 0.441. The summed E-state index contributed by atoms with van der Waals surface area (Å²) in [6.45, 7) is 2.36. The molecule has 0 aromatic carbocycles. The van der Waals surface area contributed by atoms with Crippen molar-refractivity contribution in [3.63, 3.8) is 0 Å². The monoisotopic (exact) mass is 301 g/mol. The van der Waals surface area contributed by atoms with E-state index in [1.165, 1.54) is 17.4 Å². The topological polar surface area (TPSA) is 98.2 Å². The van der Waals surface area contributed by atoms with E-state index in [1.807, 2.05) is 12.3 Å². The van der Waals surface area contributed by atoms with Gasteiger partial charge in [-0.1, -0.05) is 0 Å². The lowest BCUT2D eigenvalue weighted by Crippen LogP contribution is -2.25. The number of rotatable bonds is 6. The Morgan fingerprint density at radius 3 is 2.84 bits per heavy atom. The number of hydrogen-bond acceptors (Lipinski definition) is 6. The van der Waals surface area contributed by atoms with Gasteiger partial charge < -0.3 is 10.2 Å². The molecule has 0 aliphatic carbocycles. The largest absolute Gasteiger partial charge is 0.447 e. The third kappa shape index (κ3) is 3.63. The van der Waals surface area contributed by atoms with Gasteiger partial charge in [-0.3, -0.25) is 0 Å². The van der Waals surface area contributed by atoms with E-state index in [4.69, 9.17) is 10.2 Å². The van der Waals surface area contributed by atoms with Crippen LogP contribution in [0.1, 0.15) is 16.5 Å². The summed E-state index contributed by atoms with van der Waals surface area (Å²) < 4.78 is 31.4. The summed E-state index contributed by atoms with van der Waals surface area (Å²) in [5, 5.41) is 2.73. The molecule has 2 aromatic rings. The zero-order valence-electron chi connectivity index (χ0n) is 10.4. The fourth-order valence-electron chi connectivity index (χ4n) is 1.49. The Hall–Kier alpha value is -1.22. The van der Waals surface area contributed by atoms with E-state index in [0.29, 0.717) is 12.2 Å². The SMILES string of the molecule is Cc1csc(CCNS(=O)(=O)c2ccc(CN)o2)n1. The average molecular weight is 301 g/mol. The van der Waals surface area contributed by atoms with Gasteiger partial charge in [-0.05, 0) is 19.1 Å². The lowest BCUT2D eigenvalue weighted by Gasteiger charge is -2.02. The zero-order chi connectivity index (χ0) is 13.9. The first-order valence-electron chi connectivity index (χ1n) is 5.71. The number of aromatic nitrogens is 1. The highest BCUT2D eigenvalue weighted by atomic mass is 32.2. The van der Waals surface area contributed by atoms with Crippen molar-refractivity contribution in [2.75, 3.05) is 6.54 Å². The summed E-state index contributed by atoms with van der Waals surface area (Å²) in [5.41, 5.74) is 6.31. The standard InChI is InChI=1S/C11H15N3O3S2/c1-8-7-18-10(14-8)4-5-13-19(15,16)11-3-2-9(6-12)17-11/h2-3,7,13H,4-6,12H2,1H3. The average Bonchev–Trinajstić information content (AvgIpc) is 2.98. The highest BCUT2D eigenvalue weighted by Crippen LogP contribution is 2.13. The van der Waals surface area contributed by atoms with Crippen molar-refractivity contribution in [1.29, 1.82) is 0 Å². The molecule has 0 amide bonds. The van der Waals surface area contributed by atoms with E-state index in [1.54, 1.807) is 6.07 Å². The van der Waals surface area contributed by atoms with Crippen molar-refractivity contribution in [3.8, 4) is 0 Å². The van der Waals surface area contributed by atoms with Crippen LogP contribution in [0.15, 0.2) is 27.0 Å². The van der Waals surface area contributed by atoms with Crippen LogP contribution in [-0.2, 0) is 23.0 Å². The number of nitrogens with zero attached hydrogens (tertiary/aromatic N) is 1. The summed E-state index contributed by atoms with van der Waals surface area (Å²) in [6.07, 6.45) is 0.558. The Bertz CT molecular complexity index is 646. The molecule has 0 radical (unpaired) electrons. The third-order valence-corrected chi connectivity index (χ3v) is 4.76. The number of hydrogen-bond donors (Lipinski definition) is 2. The smallest absolute Gasteiger partial charge is 0.273 e. The van der Waals surface area contributed by atoms with Gasteiger partial charge in [0, 0.05) is 24.0 Å². The first-order chi connectivity index (χ1) is 9.01. The highest BCUT2D eigenvalue weighted by Gasteiger charge is 2.18. The summed E-state index contributed by atoms with van der Waals surface area (Å²) in [6, 6.07) is 2.96. The van der Waals surface area contributed by atoms with Gasteiger partial charge in [-0.2, -0.15) is 0 Å². The van der Waals surface area contributed by atoms with Crippen molar-refractivity contribution in [2.45, 2.75) is 25.0 Å². The Kier molecular flexibility index (Phi) is 4.35. The normalized spacial score (nSPS) is 11.9. The van der Waals surface area contributed by atoms with E-state index in [9.17, 15) is 8.42 Å². The molecule has 0 unspecified atom stereocenters. The molecule has 0 bridgehead atoms. The van der Waals surface area contributed by atoms with Gasteiger partial charge in [-0.25, -0.2) is 18.1 Å². The molecule has 3 N–H and O–H groups in total. The van der Waals surface area contributed by atoms with Crippen molar-refractivity contribution in [1.82, 2.24) is 9.71 Å². The van der Waals surface area contributed by atoms with Crippen LogP contribution in [0.2, 0.25) is 0 Å². The first kappa shape index (κ1) is 14.2. The van der Waals surface area contributed by atoms with Gasteiger partial charge in [0.15, 0.2) is 0 Å². The molecule has 0 saturated heterocycles. The number of aryl methyl sites for hydroxylation is 1. The Balaban J connectivity index is 1.94. The van der Waals surface area contributed by atoms with Crippen LogP contribution < -0.4 is 10.5 Å². The fourth-order valence-corrected chi connectivity index (χ4v) is 3.25. The minimum Gasteiger partial charge on any atom is -0.447 e. The maximum atomic E-state index is 11.9. The summed E-state index contributed by atoms with van der Waals surface area (Å²) >= 11 is 1.52. The molecule has 19 heavy (non-hydrogen) atoms. The summed E-state index contributed by atoms with van der Waals surface area (Å²) in [7, 11) is -3.61. The quantitative estimate of drug-likeness (QED) is 0.830. The van der Waals surface area contributed by atoms with Crippen LogP contribution in [0.3, 0.4) is 0 Å². The Labute approximate surface area is 115 Å². The van der Waals surface area contributed by atoms with Crippen molar-refractivity contribution < 1.29 is 12.8 Å². The molecule has 104 valence electrons. The maximum absolute atomic E-state index is 11.9. The van der Waals surface area contributed by atoms with Crippen molar-refractivity contribution in [2.24, 2.45) is 5.73 Å². The van der Waals surface area contributed by atoms with Gasteiger partial charge >= 0.3 is 0 Å². The number of sulfonamides is 1. The number of nitrogens with one attached hydrogen (secondary N) is 1. The van der Waals surface area contributed by atoms with Gasteiger partial charge in [0.25, 0.3) is 10.0 Å². The summed E-state index contributed by atoms with van der Waals surface area (Å²) in [4.78, 5) is 4.26. The lowest BCUT2D eigenvalue weighted by molar-refractivity contribution is 0.413. The lowest BCUT2D eigenvalue weighted by atomic mass is 10.4. The van der Waals surface area contributed by atoms with E-state index >= 15 is 0 Å². The maximum Gasteiger partial charge on any atom is 0.273 e. The molecule has 8 heteroatoms. The zero-order valence-corrected chi connectivity index (χ0v) is 12.1. The molecule has 0 aliphatic heterocycles. The van der Waals surface area contributed by atoms with Crippen LogP contribution in [0.4, 0.5) is 0 Å². The minimum absolute atomic E-state index is 0.108. The molecule has 0 saturated carbocycles. The Morgan fingerprint density at radius 1 is 1.47 bits per heavy atom. The molecular formula is C11H15N3O3S2. The first-order valence-corrected chi connectivity index (χ1v) is 8.07. The molecule has 0 atom stereocenters. The van der Waals surface area contributed by atoms with E-state index in [2.05, 4.69) is 9.71 Å². The predicted octanol–water partition coefficient (Wildman–Crippen LogP) is 1.02. The van der Waals surface area contributed by atoms with E-state index in [0.717, 1.165) is 10.7 Å². The van der Waals surface area contributed by atoms with Gasteiger partial charge in [-0.15, -0.1) is 11.3 Å².